The largest absolute Gasteiger partial charge is 0.490 e. The van der Waals surface area contributed by atoms with Crippen LogP contribution >= 0.6 is 0 Å². The van der Waals surface area contributed by atoms with Gasteiger partial charge in [-0.1, -0.05) is 6.07 Å². The third kappa shape index (κ3) is 3.62. The number of ether oxygens (including phenoxy) is 2. The van der Waals surface area contributed by atoms with Crippen molar-refractivity contribution in [1.29, 1.82) is 0 Å². The molecule has 5 heteroatoms. The van der Waals surface area contributed by atoms with Gasteiger partial charge in [0.15, 0.2) is 0 Å². The van der Waals surface area contributed by atoms with Gasteiger partial charge in [0.1, 0.15) is 12.4 Å². The van der Waals surface area contributed by atoms with Gasteiger partial charge in [0, 0.05) is 30.4 Å². The molecular formula is C18H21N3O2. The maximum atomic E-state index is 5.83. The maximum Gasteiger partial charge on any atom is 0.213 e. The summed E-state index contributed by atoms with van der Waals surface area (Å²) in [6.07, 6.45) is 7.83. The van der Waals surface area contributed by atoms with Crippen molar-refractivity contribution in [3.8, 4) is 11.6 Å². The Morgan fingerprint density at radius 2 is 2.13 bits per heavy atom. The summed E-state index contributed by atoms with van der Waals surface area (Å²) in [5.74, 6) is 2.63. The quantitative estimate of drug-likeness (QED) is 0.851. The van der Waals surface area contributed by atoms with Gasteiger partial charge in [-0.2, -0.15) is 0 Å². The maximum absolute atomic E-state index is 5.83. The van der Waals surface area contributed by atoms with Gasteiger partial charge in [-0.15, -0.1) is 0 Å². The van der Waals surface area contributed by atoms with Gasteiger partial charge >= 0.3 is 0 Å². The average Bonchev–Trinajstić information content (AvgIpc) is 3.33. The van der Waals surface area contributed by atoms with Crippen molar-refractivity contribution in [2.24, 2.45) is 5.92 Å². The van der Waals surface area contributed by atoms with Crippen LogP contribution < -0.4 is 14.8 Å². The second-order valence-corrected chi connectivity index (χ2v) is 6.29. The molecular weight excluding hydrogens is 290 g/mol. The number of aromatic nitrogens is 2. The molecule has 0 radical (unpaired) electrons. The number of rotatable bonds is 7. The summed E-state index contributed by atoms with van der Waals surface area (Å²) < 4.78 is 11.6. The average molecular weight is 311 g/mol. The van der Waals surface area contributed by atoms with Crippen LogP contribution in [0.4, 0.5) is 0 Å². The van der Waals surface area contributed by atoms with Crippen molar-refractivity contribution in [2.75, 3.05) is 19.8 Å². The van der Waals surface area contributed by atoms with Crippen molar-refractivity contribution < 1.29 is 9.47 Å². The van der Waals surface area contributed by atoms with Gasteiger partial charge in [0.05, 0.1) is 12.8 Å². The minimum absolute atomic E-state index is 0.499. The smallest absolute Gasteiger partial charge is 0.213 e. The molecule has 2 aromatic rings. The molecule has 120 valence electrons. The van der Waals surface area contributed by atoms with Crippen molar-refractivity contribution in [1.82, 2.24) is 15.3 Å². The molecule has 1 N–H and O–H groups in total. The van der Waals surface area contributed by atoms with E-state index in [1.807, 2.05) is 24.4 Å². The molecule has 1 aliphatic carbocycles. The molecule has 5 nitrogen and oxygen atoms in total. The van der Waals surface area contributed by atoms with E-state index < -0.39 is 0 Å². The fraction of sp³-hybridized carbons (Fsp3) is 0.444. The van der Waals surface area contributed by atoms with Crippen molar-refractivity contribution in [2.45, 2.75) is 24.8 Å². The SMILES string of the molecule is c1ccc(OC[C@H]2C[C@@H]2c2cncc(OC[C@@H]3CCN3)c2)nc1. The van der Waals surface area contributed by atoms with Crippen LogP contribution in [-0.4, -0.2) is 35.8 Å². The topological polar surface area (TPSA) is 56.3 Å². The molecule has 0 unspecified atom stereocenters. The molecule has 2 aliphatic rings. The Morgan fingerprint density at radius 1 is 1.17 bits per heavy atom. The predicted octanol–water partition coefficient (Wildman–Crippen LogP) is 2.40. The summed E-state index contributed by atoms with van der Waals surface area (Å²) in [5.41, 5.74) is 1.25. The Hall–Kier alpha value is -2.14. The molecule has 1 saturated heterocycles. The summed E-state index contributed by atoms with van der Waals surface area (Å²) in [7, 11) is 0. The molecule has 23 heavy (non-hydrogen) atoms. The highest BCUT2D eigenvalue weighted by Gasteiger charge is 2.39. The van der Waals surface area contributed by atoms with Crippen LogP contribution in [0.1, 0.15) is 24.3 Å². The Balaban J connectivity index is 1.29. The lowest BCUT2D eigenvalue weighted by molar-refractivity contribution is 0.216. The first-order valence-electron chi connectivity index (χ1n) is 8.23. The Bertz CT molecular complexity index is 646. The van der Waals surface area contributed by atoms with Crippen LogP contribution in [0, 0.1) is 5.92 Å². The lowest BCUT2D eigenvalue weighted by Crippen LogP contribution is -2.46. The molecule has 0 amide bonds. The van der Waals surface area contributed by atoms with E-state index in [0.29, 0.717) is 30.4 Å². The highest BCUT2D eigenvalue weighted by molar-refractivity contribution is 5.30. The van der Waals surface area contributed by atoms with E-state index in [2.05, 4.69) is 21.4 Å². The van der Waals surface area contributed by atoms with Crippen molar-refractivity contribution in [3.05, 3.63) is 48.4 Å². The number of nitrogens with zero attached hydrogens (tertiary/aromatic N) is 2. The second-order valence-electron chi connectivity index (χ2n) is 6.29. The first kappa shape index (κ1) is 14.5. The van der Waals surface area contributed by atoms with Crippen LogP contribution in [-0.2, 0) is 0 Å². The zero-order valence-corrected chi connectivity index (χ0v) is 13.0. The van der Waals surface area contributed by atoms with Gasteiger partial charge in [0.25, 0.3) is 0 Å². The minimum Gasteiger partial charge on any atom is -0.490 e. The van der Waals surface area contributed by atoms with E-state index in [-0.39, 0.29) is 0 Å². The van der Waals surface area contributed by atoms with Crippen LogP contribution in [0.5, 0.6) is 11.6 Å². The van der Waals surface area contributed by atoms with E-state index >= 15 is 0 Å². The van der Waals surface area contributed by atoms with E-state index in [9.17, 15) is 0 Å². The second kappa shape index (κ2) is 6.54. The van der Waals surface area contributed by atoms with E-state index in [1.165, 1.54) is 12.0 Å². The number of hydrogen-bond acceptors (Lipinski definition) is 5. The molecule has 1 saturated carbocycles. The highest BCUT2D eigenvalue weighted by Crippen LogP contribution is 2.47. The fourth-order valence-corrected chi connectivity index (χ4v) is 2.87. The monoisotopic (exact) mass is 311 g/mol. The Kier molecular flexibility index (Phi) is 4.11. The van der Waals surface area contributed by atoms with E-state index in [4.69, 9.17) is 9.47 Å². The fourth-order valence-electron chi connectivity index (χ4n) is 2.87. The summed E-state index contributed by atoms with van der Waals surface area (Å²) in [6, 6.07) is 8.34. The highest BCUT2D eigenvalue weighted by atomic mass is 16.5. The number of pyridine rings is 2. The van der Waals surface area contributed by atoms with Crippen molar-refractivity contribution >= 4 is 0 Å². The van der Waals surface area contributed by atoms with Gasteiger partial charge in [-0.05, 0) is 43.0 Å². The molecule has 2 aromatic heterocycles. The Morgan fingerprint density at radius 3 is 2.91 bits per heavy atom. The van der Waals surface area contributed by atoms with Crippen LogP contribution in [0.2, 0.25) is 0 Å². The normalized spacial score (nSPS) is 25.5. The lowest BCUT2D eigenvalue weighted by Gasteiger charge is -2.27. The summed E-state index contributed by atoms with van der Waals surface area (Å²) in [6.45, 7) is 2.53. The van der Waals surface area contributed by atoms with E-state index in [0.717, 1.165) is 25.3 Å². The third-order valence-corrected chi connectivity index (χ3v) is 4.55. The van der Waals surface area contributed by atoms with Gasteiger partial charge in [0.2, 0.25) is 5.88 Å². The zero-order valence-electron chi connectivity index (χ0n) is 13.0. The number of nitrogens with one attached hydrogen (secondary N) is 1. The lowest BCUT2D eigenvalue weighted by atomic mass is 10.1. The standard InChI is InChI=1S/C18H21N3O2/c1-2-5-21-18(3-1)23-11-14-8-17(14)13-7-16(10-19-9-13)22-12-15-4-6-20-15/h1-3,5,7,9-10,14-15,17,20H,4,6,8,11-12H2/t14-,15+,17-/m1/s1. The molecule has 0 bridgehead atoms. The van der Waals surface area contributed by atoms with Crippen LogP contribution in [0.25, 0.3) is 0 Å². The summed E-state index contributed by atoms with van der Waals surface area (Å²) >= 11 is 0. The van der Waals surface area contributed by atoms with Crippen LogP contribution in [0.15, 0.2) is 42.9 Å². The van der Waals surface area contributed by atoms with Gasteiger partial charge in [-0.25, -0.2) is 4.98 Å². The first-order valence-corrected chi connectivity index (χ1v) is 8.23. The molecule has 0 aromatic carbocycles. The molecule has 3 atom stereocenters. The molecule has 3 heterocycles. The Labute approximate surface area is 136 Å². The predicted molar refractivity (Wildman–Crippen MR) is 86.7 cm³/mol. The van der Waals surface area contributed by atoms with Gasteiger partial charge in [-0.3, -0.25) is 4.98 Å². The molecule has 4 rings (SSSR count). The molecule has 1 aliphatic heterocycles. The summed E-state index contributed by atoms with van der Waals surface area (Å²) in [4.78, 5) is 8.51. The van der Waals surface area contributed by atoms with Gasteiger partial charge < -0.3 is 14.8 Å². The molecule has 2 fully saturated rings. The van der Waals surface area contributed by atoms with E-state index in [1.54, 1.807) is 12.4 Å². The summed E-state index contributed by atoms with van der Waals surface area (Å²) in [5, 5.41) is 3.34. The van der Waals surface area contributed by atoms with Crippen molar-refractivity contribution in [3.63, 3.8) is 0 Å². The minimum atomic E-state index is 0.499. The zero-order chi connectivity index (χ0) is 15.5. The third-order valence-electron chi connectivity index (χ3n) is 4.55. The number of hydrogen-bond donors (Lipinski definition) is 1. The first-order chi connectivity index (χ1) is 11.4. The van der Waals surface area contributed by atoms with Crippen LogP contribution in [0.3, 0.4) is 0 Å². The molecule has 0 spiro atoms.